The molecule has 1 aromatic rings. The fraction of sp³-hybridized carbons (Fsp3) is 0.357. The van der Waals surface area contributed by atoms with Crippen molar-refractivity contribution in [2.24, 2.45) is 0 Å². The lowest BCUT2D eigenvalue weighted by Gasteiger charge is -2.17. The molecule has 0 aromatic heterocycles. The van der Waals surface area contributed by atoms with E-state index in [9.17, 15) is 0 Å². The van der Waals surface area contributed by atoms with Gasteiger partial charge in [-0.1, -0.05) is 23.7 Å². The summed E-state index contributed by atoms with van der Waals surface area (Å²) in [6.07, 6.45) is 2.98. The van der Waals surface area contributed by atoms with Crippen LogP contribution in [0, 0.1) is 11.3 Å². The number of benzene rings is 1. The van der Waals surface area contributed by atoms with Crippen molar-refractivity contribution >= 4 is 11.6 Å². The molecule has 2 nitrogen and oxygen atoms in total. The van der Waals surface area contributed by atoms with Crippen molar-refractivity contribution in [3.05, 3.63) is 46.1 Å². The van der Waals surface area contributed by atoms with Crippen molar-refractivity contribution in [3.8, 4) is 6.07 Å². The molecule has 1 atom stereocenters. The van der Waals surface area contributed by atoms with Gasteiger partial charge < -0.3 is 5.32 Å². The Balaban J connectivity index is 2.09. The van der Waals surface area contributed by atoms with Gasteiger partial charge in [0, 0.05) is 22.3 Å². The molecule has 1 aliphatic rings. The molecule has 0 amide bonds. The fourth-order valence-electron chi connectivity index (χ4n) is 2.12. The second kappa shape index (κ2) is 5.25. The van der Waals surface area contributed by atoms with E-state index in [1.165, 1.54) is 5.56 Å². The molecule has 0 fully saturated rings. The maximum atomic E-state index is 8.99. The average Bonchev–Trinajstić information content (AvgIpc) is 2.77. The van der Waals surface area contributed by atoms with E-state index < -0.39 is 0 Å². The minimum absolute atomic E-state index is 0.212. The third kappa shape index (κ3) is 2.81. The quantitative estimate of drug-likeness (QED) is 0.877. The Morgan fingerprint density at radius 2 is 2.00 bits per heavy atom. The first-order chi connectivity index (χ1) is 8.20. The number of hydrogen-bond acceptors (Lipinski definition) is 2. The molecule has 1 aliphatic carbocycles. The van der Waals surface area contributed by atoms with E-state index in [1.807, 2.05) is 24.3 Å². The van der Waals surface area contributed by atoms with Gasteiger partial charge in [-0.05, 0) is 43.9 Å². The van der Waals surface area contributed by atoms with Crippen LogP contribution in [0.15, 0.2) is 35.5 Å². The Bertz CT molecular complexity index is 468. The van der Waals surface area contributed by atoms with Crippen LogP contribution in [0.5, 0.6) is 0 Å². The number of nitriles is 1. The van der Waals surface area contributed by atoms with Gasteiger partial charge in [0.05, 0.1) is 6.07 Å². The number of allylic oxidation sites excluding steroid dienone is 2. The van der Waals surface area contributed by atoms with Gasteiger partial charge in [0.25, 0.3) is 0 Å². The minimum atomic E-state index is 0.212. The molecule has 0 heterocycles. The Morgan fingerprint density at radius 1 is 1.29 bits per heavy atom. The topological polar surface area (TPSA) is 35.8 Å². The van der Waals surface area contributed by atoms with Crippen LogP contribution in [0.3, 0.4) is 0 Å². The van der Waals surface area contributed by atoms with Crippen LogP contribution in [0.25, 0.3) is 0 Å². The van der Waals surface area contributed by atoms with Crippen molar-refractivity contribution in [1.82, 2.24) is 5.32 Å². The van der Waals surface area contributed by atoms with Gasteiger partial charge >= 0.3 is 0 Å². The third-order valence-corrected chi connectivity index (χ3v) is 3.37. The highest BCUT2D eigenvalue weighted by molar-refractivity contribution is 6.30. The number of rotatable bonds is 3. The maximum absolute atomic E-state index is 8.99. The van der Waals surface area contributed by atoms with E-state index >= 15 is 0 Å². The highest BCUT2D eigenvalue weighted by atomic mass is 35.5. The van der Waals surface area contributed by atoms with Gasteiger partial charge in [-0.3, -0.25) is 0 Å². The Kier molecular flexibility index (Phi) is 3.71. The van der Waals surface area contributed by atoms with Crippen molar-refractivity contribution < 1.29 is 0 Å². The Hall–Kier alpha value is -1.46. The predicted octanol–water partition coefficient (Wildman–Crippen LogP) is 3.95. The number of hydrogen-bond donors (Lipinski definition) is 1. The van der Waals surface area contributed by atoms with Gasteiger partial charge in [0.15, 0.2) is 0 Å². The molecule has 2 rings (SSSR count). The van der Waals surface area contributed by atoms with Gasteiger partial charge in [-0.25, -0.2) is 0 Å². The van der Waals surface area contributed by atoms with Crippen LogP contribution in [-0.4, -0.2) is 0 Å². The molecule has 0 bridgehead atoms. The Morgan fingerprint density at radius 3 is 2.65 bits per heavy atom. The second-order valence-corrected chi connectivity index (χ2v) is 4.78. The molecule has 0 radical (unpaired) electrons. The van der Waals surface area contributed by atoms with E-state index in [0.29, 0.717) is 0 Å². The number of nitrogens with one attached hydrogen (secondary N) is 1. The Labute approximate surface area is 107 Å². The monoisotopic (exact) mass is 246 g/mol. The van der Waals surface area contributed by atoms with Crippen molar-refractivity contribution in [2.75, 3.05) is 0 Å². The first kappa shape index (κ1) is 12.0. The lowest BCUT2D eigenvalue weighted by Crippen LogP contribution is -2.17. The molecule has 1 aromatic carbocycles. The van der Waals surface area contributed by atoms with Crippen LogP contribution >= 0.6 is 11.6 Å². The molecule has 0 spiro atoms. The normalized spacial score (nSPS) is 16.8. The number of nitrogens with zero attached hydrogens (tertiary/aromatic N) is 1. The average molecular weight is 247 g/mol. The summed E-state index contributed by atoms with van der Waals surface area (Å²) in [7, 11) is 0. The molecular weight excluding hydrogens is 232 g/mol. The first-order valence-electron chi connectivity index (χ1n) is 5.85. The molecule has 3 heteroatoms. The largest absolute Gasteiger partial charge is 0.381 e. The van der Waals surface area contributed by atoms with Crippen LogP contribution in [0.1, 0.15) is 37.8 Å². The summed E-state index contributed by atoms with van der Waals surface area (Å²) in [6, 6.07) is 10.3. The van der Waals surface area contributed by atoms with E-state index in [4.69, 9.17) is 16.9 Å². The molecule has 17 heavy (non-hydrogen) atoms. The molecule has 0 aliphatic heterocycles. The van der Waals surface area contributed by atoms with Crippen LogP contribution < -0.4 is 5.32 Å². The smallest absolute Gasteiger partial charge is 0.0965 e. The molecular formula is C14H15ClN2. The molecule has 0 unspecified atom stereocenters. The predicted molar refractivity (Wildman–Crippen MR) is 69.5 cm³/mol. The SMILES string of the molecule is C[C@H](NC1=C(C#N)CCC1)c1ccc(Cl)cc1. The molecule has 88 valence electrons. The van der Waals surface area contributed by atoms with Crippen LogP contribution in [0.4, 0.5) is 0 Å². The molecule has 0 saturated carbocycles. The van der Waals surface area contributed by atoms with E-state index in [0.717, 1.165) is 35.6 Å². The first-order valence-corrected chi connectivity index (χ1v) is 6.22. The third-order valence-electron chi connectivity index (χ3n) is 3.11. The van der Waals surface area contributed by atoms with Crippen LogP contribution in [-0.2, 0) is 0 Å². The van der Waals surface area contributed by atoms with Crippen molar-refractivity contribution in [3.63, 3.8) is 0 Å². The minimum Gasteiger partial charge on any atom is -0.381 e. The fourth-order valence-corrected chi connectivity index (χ4v) is 2.25. The lowest BCUT2D eigenvalue weighted by molar-refractivity contribution is 0.634. The highest BCUT2D eigenvalue weighted by Gasteiger charge is 2.16. The summed E-state index contributed by atoms with van der Waals surface area (Å²) < 4.78 is 0. The summed E-state index contributed by atoms with van der Waals surface area (Å²) in [5.74, 6) is 0. The van der Waals surface area contributed by atoms with Gasteiger partial charge in [0.1, 0.15) is 0 Å². The zero-order valence-electron chi connectivity index (χ0n) is 9.83. The zero-order chi connectivity index (χ0) is 12.3. The van der Waals surface area contributed by atoms with E-state index in [-0.39, 0.29) is 6.04 Å². The summed E-state index contributed by atoms with van der Waals surface area (Å²) >= 11 is 5.86. The summed E-state index contributed by atoms with van der Waals surface area (Å²) in [4.78, 5) is 0. The van der Waals surface area contributed by atoms with E-state index in [1.54, 1.807) is 0 Å². The highest BCUT2D eigenvalue weighted by Crippen LogP contribution is 2.26. The zero-order valence-corrected chi connectivity index (χ0v) is 10.6. The lowest BCUT2D eigenvalue weighted by atomic mass is 10.1. The van der Waals surface area contributed by atoms with Gasteiger partial charge in [-0.2, -0.15) is 5.26 Å². The summed E-state index contributed by atoms with van der Waals surface area (Å²) in [6.45, 7) is 2.10. The second-order valence-electron chi connectivity index (χ2n) is 4.34. The van der Waals surface area contributed by atoms with Crippen molar-refractivity contribution in [1.29, 1.82) is 5.26 Å². The molecule has 0 saturated heterocycles. The summed E-state index contributed by atoms with van der Waals surface area (Å²) in [5.41, 5.74) is 3.20. The van der Waals surface area contributed by atoms with Crippen molar-refractivity contribution in [2.45, 2.75) is 32.2 Å². The van der Waals surface area contributed by atoms with Gasteiger partial charge in [-0.15, -0.1) is 0 Å². The van der Waals surface area contributed by atoms with Gasteiger partial charge in [0.2, 0.25) is 0 Å². The number of halogens is 1. The van der Waals surface area contributed by atoms with Crippen LogP contribution in [0.2, 0.25) is 5.02 Å². The summed E-state index contributed by atoms with van der Waals surface area (Å²) in [5, 5.41) is 13.2. The maximum Gasteiger partial charge on any atom is 0.0965 e. The standard InChI is InChI=1S/C14H15ClN2/c1-10(11-5-7-13(15)8-6-11)17-14-4-2-3-12(14)9-16/h5-8,10,17H,2-4H2,1H3/t10-/m0/s1. The van der Waals surface area contributed by atoms with E-state index in [2.05, 4.69) is 18.3 Å². The molecule has 1 N–H and O–H groups in total.